The largest absolute Gasteiger partial charge is 0.496 e. The molecule has 3 aromatic rings. The van der Waals surface area contributed by atoms with Crippen LogP contribution in [0.15, 0.2) is 59.2 Å². The number of amides is 2. The molecule has 0 atom stereocenters. The third kappa shape index (κ3) is 6.24. The number of hydrogen-bond acceptors (Lipinski definition) is 8. The maximum absolute atomic E-state index is 14.6. The molecule has 2 amide bonds. The van der Waals surface area contributed by atoms with Crippen molar-refractivity contribution in [2.75, 3.05) is 45.7 Å². The van der Waals surface area contributed by atoms with E-state index in [9.17, 15) is 14.0 Å². The van der Waals surface area contributed by atoms with Crippen molar-refractivity contribution >= 4 is 29.3 Å². The van der Waals surface area contributed by atoms with E-state index in [2.05, 4.69) is 10.2 Å². The summed E-state index contributed by atoms with van der Waals surface area (Å²) in [4.78, 5) is 29.9. The van der Waals surface area contributed by atoms with E-state index in [4.69, 9.17) is 24.7 Å². The van der Waals surface area contributed by atoms with Gasteiger partial charge in [0.15, 0.2) is 5.76 Å². The summed E-state index contributed by atoms with van der Waals surface area (Å²) in [5, 5.41) is 18.5. The zero-order valence-electron chi connectivity index (χ0n) is 21.0. The second kappa shape index (κ2) is 11.7. The number of ether oxygens (including phenoxy) is 2. The first-order valence-corrected chi connectivity index (χ1v) is 11.9. The van der Waals surface area contributed by atoms with Gasteiger partial charge in [-0.15, -0.1) is 0 Å². The number of hydrogen-bond donors (Lipinski definition) is 3. The lowest BCUT2D eigenvalue weighted by atomic mass is 10.0. The molecule has 0 saturated carbocycles. The average molecular weight is 522 g/mol. The molecule has 1 aliphatic heterocycles. The van der Waals surface area contributed by atoms with Crippen molar-refractivity contribution in [2.45, 2.75) is 6.42 Å². The summed E-state index contributed by atoms with van der Waals surface area (Å²) in [6.45, 7) is 2.90. The molecule has 38 heavy (non-hydrogen) atoms. The van der Waals surface area contributed by atoms with Crippen molar-refractivity contribution in [1.29, 1.82) is 10.8 Å². The van der Waals surface area contributed by atoms with E-state index in [0.29, 0.717) is 18.7 Å². The van der Waals surface area contributed by atoms with Crippen LogP contribution < -0.4 is 10.1 Å². The standard InChI is InChI=1S/C27H28FN5O5/c1-32-9-11-33(12-10-32)24(34)15-17-5-8-22(36-2)19(14-17)27(35)31-21-16-18(6-7-20(21)28)25(29)38-26(30)23-4-3-13-37-23/h3-8,13-14,16,29-30H,9-12,15H2,1-2H3,(H,31,35). The number of nitrogens with one attached hydrogen (secondary N) is 3. The number of rotatable bonds is 7. The van der Waals surface area contributed by atoms with Crippen LogP contribution in [0.4, 0.5) is 10.1 Å². The summed E-state index contributed by atoms with van der Waals surface area (Å²) in [5.74, 6) is -1.83. The van der Waals surface area contributed by atoms with Crippen molar-refractivity contribution in [2.24, 2.45) is 0 Å². The Kier molecular flexibility index (Phi) is 8.17. The maximum atomic E-state index is 14.6. The number of nitrogens with zero attached hydrogens (tertiary/aromatic N) is 2. The summed E-state index contributed by atoms with van der Waals surface area (Å²) in [7, 11) is 3.42. The lowest BCUT2D eigenvalue weighted by Crippen LogP contribution is -2.47. The first-order valence-electron chi connectivity index (χ1n) is 11.9. The summed E-state index contributed by atoms with van der Waals surface area (Å²) >= 11 is 0. The molecular weight excluding hydrogens is 493 g/mol. The molecule has 0 bridgehead atoms. The molecule has 4 rings (SSSR count). The maximum Gasteiger partial charge on any atom is 0.259 e. The van der Waals surface area contributed by atoms with Gasteiger partial charge in [-0.1, -0.05) is 6.07 Å². The molecule has 1 aromatic heterocycles. The number of methoxy groups -OCH3 is 1. The molecule has 0 unspecified atom stereocenters. The molecule has 11 heteroatoms. The van der Waals surface area contributed by atoms with Gasteiger partial charge in [0.1, 0.15) is 11.6 Å². The summed E-state index contributed by atoms with van der Waals surface area (Å²) in [5.41, 5.74) is 0.704. The van der Waals surface area contributed by atoms with E-state index >= 15 is 0 Å². The monoisotopic (exact) mass is 521 g/mol. The lowest BCUT2D eigenvalue weighted by molar-refractivity contribution is -0.132. The Morgan fingerprint density at radius 3 is 2.50 bits per heavy atom. The smallest absolute Gasteiger partial charge is 0.259 e. The Morgan fingerprint density at radius 1 is 1.05 bits per heavy atom. The zero-order chi connectivity index (χ0) is 27.2. The van der Waals surface area contributed by atoms with Crippen LogP contribution in [0.5, 0.6) is 5.75 Å². The molecule has 10 nitrogen and oxygen atoms in total. The fraction of sp³-hybridized carbons (Fsp3) is 0.259. The van der Waals surface area contributed by atoms with Gasteiger partial charge in [0.25, 0.3) is 11.8 Å². The average Bonchev–Trinajstić information content (AvgIpc) is 3.45. The van der Waals surface area contributed by atoms with E-state index in [-0.39, 0.29) is 46.5 Å². The van der Waals surface area contributed by atoms with E-state index in [1.54, 1.807) is 29.2 Å². The molecule has 1 aliphatic rings. The summed E-state index contributed by atoms with van der Waals surface area (Å²) in [6.07, 6.45) is 1.49. The molecular formula is C27H28FN5O5. The highest BCUT2D eigenvalue weighted by molar-refractivity contribution is 6.08. The van der Waals surface area contributed by atoms with Gasteiger partial charge in [-0.05, 0) is 55.1 Å². The van der Waals surface area contributed by atoms with Crippen LogP contribution in [0.1, 0.15) is 27.2 Å². The fourth-order valence-electron chi connectivity index (χ4n) is 3.96. The van der Waals surface area contributed by atoms with Gasteiger partial charge < -0.3 is 29.0 Å². The summed E-state index contributed by atoms with van der Waals surface area (Å²) < 4.78 is 30.2. The quantitative estimate of drug-likeness (QED) is 0.323. The van der Waals surface area contributed by atoms with E-state index < -0.39 is 17.6 Å². The van der Waals surface area contributed by atoms with Crippen molar-refractivity contribution < 1.29 is 27.9 Å². The Balaban J connectivity index is 1.48. The van der Waals surface area contributed by atoms with Gasteiger partial charge in [-0.25, -0.2) is 4.39 Å². The van der Waals surface area contributed by atoms with Gasteiger partial charge in [0.05, 0.1) is 31.0 Å². The number of likely N-dealkylation sites (N-methyl/N-ethyl adjacent to an activating group) is 1. The van der Waals surface area contributed by atoms with Gasteiger partial charge >= 0.3 is 0 Å². The van der Waals surface area contributed by atoms with E-state index in [1.807, 2.05) is 7.05 Å². The highest BCUT2D eigenvalue weighted by atomic mass is 19.1. The molecule has 1 fully saturated rings. The van der Waals surface area contributed by atoms with Crippen LogP contribution >= 0.6 is 0 Å². The predicted molar refractivity (Wildman–Crippen MR) is 139 cm³/mol. The molecule has 3 N–H and O–H groups in total. The van der Waals surface area contributed by atoms with Crippen LogP contribution in [0.25, 0.3) is 0 Å². The van der Waals surface area contributed by atoms with Crippen molar-refractivity contribution in [3.05, 3.63) is 83.1 Å². The number of benzene rings is 2. The van der Waals surface area contributed by atoms with Crippen LogP contribution in [0.2, 0.25) is 0 Å². The Morgan fingerprint density at radius 2 is 1.82 bits per heavy atom. The van der Waals surface area contributed by atoms with Crippen molar-refractivity contribution in [3.8, 4) is 5.75 Å². The minimum Gasteiger partial charge on any atom is -0.496 e. The molecule has 2 aromatic carbocycles. The minimum atomic E-state index is -0.726. The third-order valence-corrected chi connectivity index (χ3v) is 6.15. The Bertz CT molecular complexity index is 1350. The second-order valence-corrected chi connectivity index (χ2v) is 8.78. The normalized spacial score (nSPS) is 13.6. The minimum absolute atomic E-state index is 0.0352. The second-order valence-electron chi connectivity index (χ2n) is 8.78. The highest BCUT2D eigenvalue weighted by Crippen LogP contribution is 2.24. The number of carbonyl (C=O) groups excluding carboxylic acids is 2. The van der Waals surface area contributed by atoms with Gasteiger partial charge in [-0.3, -0.25) is 20.4 Å². The fourth-order valence-corrected chi connectivity index (χ4v) is 3.96. The van der Waals surface area contributed by atoms with Crippen LogP contribution in [-0.4, -0.2) is 73.7 Å². The lowest BCUT2D eigenvalue weighted by Gasteiger charge is -2.32. The van der Waals surface area contributed by atoms with Crippen LogP contribution in [0.3, 0.4) is 0 Å². The van der Waals surface area contributed by atoms with Crippen LogP contribution in [0, 0.1) is 16.6 Å². The highest BCUT2D eigenvalue weighted by Gasteiger charge is 2.21. The topological polar surface area (TPSA) is 132 Å². The van der Waals surface area contributed by atoms with Gasteiger partial charge in [0.2, 0.25) is 11.8 Å². The van der Waals surface area contributed by atoms with E-state index in [1.165, 1.54) is 31.6 Å². The third-order valence-electron chi connectivity index (χ3n) is 6.15. The Labute approximate surface area is 219 Å². The molecule has 0 spiro atoms. The number of furan rings is 1. The molecule has 0 radical (unpaired) electrons. The molecule has 0 aliphatic carbocycles. The number of halogens is 1. The predicted octanol–water partition coefficient (Wildman–Crippen LogP) is 3.36. The van der Waals surface area contributed by atoms with Crippen molar-refractivity contribution in [1.82, 2.24) is 9.80 Å². The molecule has 198 valence electrons. The van der Waals surface area contributed by atoms with Crippen molar-refractivity contribution in [3.63, 3.8) is 0 Å². The van der Waals surface area contributed by atoms with Gasteiger partial charge in [-0.2, -0.15) is 0 Å². The molecule has 1 saturated heterocycles. The number of piperazine rings is 1. The van der Waals surface area contributed by atoms with Crippen LogP contribution in [-0.2, 0) is 16.0 Å². The zero-order valence-corrected chi connectivity index (χ0v) is 21.0. The Hall–Kier alpha value is -4.51. The SMILES string of the molecule is COc1ccc(CC(=O)N2CCN(C)CC2)cc1C(=O)Nc1cc(C(=N)OC(=N)c2ccco2)ccc1F. The van der Waals surface area contributed by atoms with Gasteiger partial charge in [0, 0.05) is 31.7 Å². The number of anilines is 1. The first kappa shape index (κ1) is 26.6. The first-order chi connectivity index (χ1) is 18.2. The number of carbonyl (C=O) groups is 2. The molecule has 2 heterocycles. The van der Waals surface area contributed by atoms with E-state index in [0.717, 1.165) is 19.2 Å². The summed E-state index contributed by atoms with van der Waals surface area (Å²) in [6, 6.07) is 11.6.